The molecular formula is C87H77BrF6N4O16. The molecule has 1 heterocycles. The lowest BCUT2D eigenvalue weighted by atomic mass is 9.91. The number of carbonyl (C=O) groups is 6. The number of aryl methyl sites for hydroxylation is 4. The van der Waals surface area contributed by atoms with Crippen LogP contribution in [0.4, 0.5) is 32.0 Å². The molecule has 1 aliphatic rings. The summed E-state index contributed by atoms with van der Waals surface area (Å²) in [5.74, 6) is -4.06. The summed E-state index contributed by atoms with van der Waals surface area (Å²) in [6, 6.07) is 54.4. The van der Waals surface area contributed by atoms with E-state index in [1.807, 2.05) is 120 Å². The van der Waals surface area contributed by atoms with Crippen LogP contribution in [0.5, 0.6) is 0 Å². The quantitative estimate of drug-likeness (QED) is 0.00906. The second kappa shape index (κ2) is 49.0. The van der Waals surface area contributed by atoms with E-state index in [1.54, 1.807) is 54.6 Å². The lowest BCUT2D eigenvalue weighted by Gasteiger charge is -2.18. The van der Waals surface area contributed by atoms with E-state index in [-0.39, 0.29) is 42.9 Å². The van der Waals surface area contributed by atoms with Crippen LogP contribution in [0, 0.1) is 62.6 Å². The van der Waals surface area contributed by atoms with Crippen molar-refractivity contribution in [1.29, 1.82) is 0 Å². The summed E-state index contributed by atoms with van der Waals surface area (Å²) in [6.07, 6.45) is 5.83. The average molecular weight is 1630 g/mol. The van der Waals surface area contributed by atoms with Gasteiger partial charge in [0.15, 0.2) is 11.6 Å². The number of aldehydes is 2. The maximum Gasteiger partial charge on any atom is 0.373 e. The average Bonchev–Trinajstić information content (AvgIpc) is 1.65. The minimum absolute atomic E-state index is 0.0890. The Hall–Kier alpha value is -13.4. The molecule has 0 bridgehead atoms. The van der Waals surface area contributed by atoms with Crippen LogP contribution < -0.4 is 11.2 Å². The number of halogens is 7. The minimum Gasteiger partial charge on any atom is -0.466 e. The standard InChI is InChI=1S/C26H24F2N2O2.C22H17F2NO2.C22H16F2O2.C8H7BrO.C6H10O2.3CO2.H3NO/c1-4-26(3)15-23(30-32-26)18-9-8-16(2)20(14-18)17-10-12-19(13-11-17)29-25(31)24-21(27)6-5-7-22(24)28;1-14-5-6-16(13-25-27)11-18(14)17-9-7-15(8-10-17)12-21(26)22-19(23)3-2-4-20(22)24;1-14-5-6-16(13-25)11-18(14)17-9-7-15(8-10-17)12-21(26)22-19(23)3-2-4-20(22)24;1-6-2-3-7(5-10)4-8(6)9;1-4-5(2)6(7)8-3;3*2-1-3;1-2/h5-14H,4,15H2,1-3H3,(H,29,31);2-11,13,27H,12H2,1H3;2-11,13H,12H2,1H3;2-5H,1H3;2,4H2,1,3H3;;;;2H,1H2/b;25-13-;;;;;;;. The van der Waals surface area contributed by atoms with Crippen LogP contribution in [0.1, 0.15) is 136 Å². The summed E-state index contributed by atoms with van der Waals surface area (Å²) in [6.45, 7) is 17.4. The predicted molar refractivity (Wildman–Crippen MR) is 415 cm³/mol. The number of amides is 1. The number of hydrogen-bond donors (Lipinski definition) is 4. The van der Waals surface area contributed by atoms with Crippen LogP contribution in [0.15, 0.2) is 227 Å². The monoisotopic (exact) mass is 1630 g/mol. The Morgan fingerprint density at radius 1 is 0.544 bits per heavy atom. The molecule has 114 heavy (non-hydrogen) atoms. The third-order valence-corrected chi connectivity index (χ3v) is 17.6. The lowest BCUT2D eigenvalue weighted by Crippen LogP contribution is -2.23. The Kier molecular flexibility index (Phi) is 40.8. The number of esters is 1. The third kappa shape index (κ3) is 29.1. The lowest BCUT2D eigenvalue weighted by molar-refractivity contribution is -0.193. The number of nitrogens with one attached hydrogen (secondary N) is 1. The molecule has 10 aromatic carbocycles. The highest BCUT2D eigenvalue weighted by Gasteiger charge is 2.33. The Balaban J connectivity index is 0.000000378. The minimum atomic E-state index is -0.899. The van der Waals surface area contributed by atoms with Crippen molar-refractivity contribution in [3.05, 3.63) is 324 Å². The summed E-state index contributed by atoms with van der Waals surface area (Å²) >= 11 is 3.33. The van der Waals surface area contributed by atoms with Gasteiger partial charge in [0, 0.05) is 51.7 Å². The highest BCUT2D eigenvalue weighted by molar-refractivity contribution is 9.10. The van der Waals surface area contributed by atoms with Crippen molar-refractivity contribution in [2.24, 2.45) is 16.2 Å². The molecule has 590 valence electrons. The van der Waals surface area contributed by atoms with Crippen molar-refractivity contribution in [2.45, 2.75) is 86.2 Å². The highest BCUT2D eigenvalue weighted by Crippen LogP contribution is 2.34. The molecule has 0 spiro atoms. The first kappa shape index (κ1) is 94.8. The molecule has 0 radical (unpaired) electrons. The van der Waals surface area contributed by atoms with Crippen molar-refractivity contribution in [3.8, 4) is 33.4 Å². The van der Waals surface area contributed by atoms with Gasteiger partial charge in [-0.15, -0.1) is 0 Å². The predicted octanol–water partition coefficient (Wildman–Crippen LogP) is 18.1. The van der Waals surface area contributed by atoms with E-state index in [9.17, 15) is 55.1 Å². The first-order valence-electron chi connectivity index (χ1n) is 33.9. The van der Waals surface area contributed by atoms with Crippen LogP contribution in [0.3, 0.4) is 0 Å². The number of Topliss-reactive ketones (excluding diaryl/α,β-unsaturated/α-hetero) is 2. The molecule has 1 amide bonds. The summed E-state index contributed by atoms with van der Waals surface area (Å²) in [7, 11) is 1.35. The van der Waals surface area contributed by atoms with Crippen LogP contribution in [0.2, 0.25) is 0 Å². The molecule has 1 atom stereocenters. The molecule has 27 heteroatoms. The van der Waals surface area contributed by atoms with E-state index in [2.05, 4.69) is 68.7 Å². The van der Waals surface area contributed by atoms with Crippen LogP contribution in [-0.4, -0.2) is 89.5 Å². The molecule has 20 nitrogen and oxygen atoms in total. The van der Waals surface area contributed by atoms with Gasteiger partial charge < -0.3 is 25.3 Å². The smallest absolute Gasteiger partial charge is 0.373 e. The molecule has 0 aliphatic carbocycles. The maximum absolute atomic E-state index is 13.9. The van der Waals surface area contributed by atoms with E-state index < -0.39 is 69.1 Å². The van der Waals surface area contributed by atoms with Gasteiger partial charge in [-0.2, -0.15) is 28.8 Å². The topological polar surface area (TPSA) is 327 Å². The van der Waals surface area contributed by atoms with Crippen LogP contribution in [-0.2, 0) is 56.0 Å². The van der Waals surface area contributed by atoms with Gasteiger partial charge in [0.05, 0.1) is 30.2 Å². The van der Waals surface area contributed by atoms with Crippen LogP contribution >= 0.6 is 15.9 Å². The zero-order valence-electron chi connectivity index (χ0n) is 62.8. The highest BCUT2D eigenvalue weighted by atomic mass is 79.9. The normalized spacial score (nSPS) is 11.6. The van der Waals surface area contributed by atoms with E-state index in [0.29, 0.717) is 39.9 Å². The Morgan fingerprint density at radius 2 is 0.895 bits per heavy atom. The van der Waals surface area contributed by atoms with E-state index >= 15 is 0 Å². The number of nitrogens with zero attached hydrogens (tertiary/aromatic N) is 2. The van der Waals surface area contributed by atoms with Gasteiger partial charge in [-0.25, -0.2) is 37.0 Å². The fraction of sp³-hybridized carbons (Fsp3) is 0.161. The number of ketones is 2. The molecule has 1 aliphatic heterocycles. The van der Waals surface area contributed by atoms with Gasteiger partial charge in [0.1, 0.15) is 58.6 Å². The first-order chi connectivity index (χ1) is 54.5. The molecule has 0 fully saturated rings. The Labute approximate surface area is 660 Å². The third-order valence-electron chi connectivity index (χ3n) is 16.7. The molecule has 1 unspecified atom stereocenters. The van der Waals surface area contributed by atoms with E-state index in [0.717, 1.165) is 139 Å². The number of oxime groups is 2. The molecule has 5 N–H and O–H groups in total. The fourth-order valence-electron chi connectivity index (χ4n) is 10.5. The van der Waals surface area contributed by atoms with Gasteiger partial charge in [-0.3, -0.25) is 24.0 Å². The summed E-state index contributed by atoms with van der Waals surface area (Å²) in [5, 5.41) is 25.1. The van der Waals surface area contributed by atoms with Gasteiger partial charge >= 0.3 is 24.4 Å². The second-order valence-corrected chi connectivity index (χ2v) is 25.2. The summed E-state index contributed by atoms with van der Waals surface area (Å²) in [4.78, 5) is 123. The fourth-order valence-corrected chi connectivity index (χ4v) is 10.9. The van der Waals surface area contributed by atoms with Crippen molar-refractivity contribution < 1.29 is 104 Å². The Bertz CT molecular complexity index is 5050. The first-order valence-corrected chi connectivity index (χ1v) is 34.7. The zero-order valence-corrected chi connectivity index (χ0v) is 64.3. The van der Waals surface area contributed by atoms with Crippen LogP contribution in [0.25, 0.3) is 33.4 Å². The van der Waals surface area contributed by atoms with Gasteiger partial charge in [0.25, 0.3) is 5.91 Å². The molecule has 0 saturated heterocycles. The second-order valence-electron chi connectivity index (χ2n) is 24.4. The number of hydrogen-bond acceptors (Lipinski definition) is 19. The van der Waals surface area contributed by atoms with E-state index in [4.69, 9.17) is 44.0 Å². The van der Waals surface area contributed by atoms with Gasteiger partial charge in [0.2, 0.25) is 0 Å². The molecule has 0 saturated carbocycles. The van der Waals surface area contributed by atoms with Crippen molar-refractivity contribution in [2.75, 3.05) is 12.4 Å². The number of carbonyl (C=O) groups excluding carboxylic acids is 12. The molecular weight excluding hydrogens is 1550 g/mol. The molecule has 10 aromatic rings. The maximum atomic E-state index is 13.9. The van der Waals surface area contributed by atoms with Gasteiger partial charge in [-0.05, 0) is 193 Å². The number of nitrogens with two attached hydrogens (primary N) is 1. The van der Waals surface area contributed by atoms with Crippen molar-refractivity contribution in [3.63, 3.8) is 0 Å². The summed E-state index contributed by atoms with van der Waals surface area (Å²) in [5.41, 5.74) is 14.4. The molecule has 11 rings (SSSR count). The number of ether oxygens (including phenoxy) is 1. The SMILES string of the molecule is C=C(CC)C(=O)OC.CCC1(C)CC(c2ccc(C)c(-c3ccc(NC(=O)c4c(F)cccc4F)cc3)c2)=NO1.Cc1ccc(/C=N\O)cc1-c1ccc(CC(=O)c2c(F)cccc2F)cc1.Cc1ccc(C=O)cc1-c1ccc(CC(=O)c2c(F)cccc2F)cc1.Cc1ccc(C=O)cc1Br.NO.O=C=O.O=C=O.O=C=O. The number of benzene rings is 10. The number of methoxy groups -OCH3 is 1. The Morgan fingerprint density at radius 3 is 1.25 bits per heavy atom. The van der Waals surface area contributed by atoms with E-state index in [1.165, 1.54) is 31.5 Å². The summed E-state index contributed by atoms with van der Waals surface area (Å²) < 4.78 is 88.0. The van der Waals surface area contributed by atoms with Crippen molar-refractivity contribution in [1.82, 2.24) is 0 Å². The zero-order chi connectivity index (χ0) is 85.2. The number of rotatable bonds is 18. The largest absolute Gasteiger partial charge is 0.466 e. The number of anilines is 1. The van der Waals surface area contributed by atoms with Gasteiger partial charge in [-0.1, -0.05) is 174 Å². The molecule has 0 aromatic heterocycles. The van der Waals surface area contributed by atoms with Crippen molar-refractivity contribution >= 4 is 88.0 Å².